The number of benzene rings is 1. The van der Waals surface area contributed by atoms with Crippen LogP contribution in [0.1, 0.15) is 11.3 Å². The monoisotopic (exact) mass is 363 g/mol. The average molecular weight is 363 g/mol. The van der Waals surface area contributed by atoms with Crippen molar-refractivity contribution in [2.45, 2.75) is 18.7 Å². The van der Waals surface area contributed by atoms with Crippen LogP contribution in [0.3, 0.4) is 0 Å². The van der Waals surface area contributed by atoms with Gasteiger partial charge >= 0.3 is 0 Å². The fourth-order valence-corrected chi connectivity index (χ4v) is 3.07. The number of halogens is 1. The maximum Gasteiger partial charge on any atom is 0.263 e. The van der Waals surface area contributed by atoms with Crippen molar-refractivity contribution in [1.82, 2.24) is 15.4 Å². The van der Waals surface area contributed by atoms with E-state index in [-0.39, 0.29) is 16.3 Å². The molecule has 0 aliphatic heterocycles. The second kappa shape index (κ2) is 6.48. The van der Waals surface area contributed by atoms with Crippen molar-refractivity contribution in [1.29, 1.82) is 0 Å². The van der Waals surface area contributed by atoms with Gasteiger partial charge in [-0.05, 0) is 49.7 Å². The van der Waals surface area contributed by atoms with Crippen LogP contribution < -0.4 is 10.0 Å². The number of nitrogens with one attached hydrogen (secondary N) is 2. The summed E-state index contributed by atoms with van der Waals surface area (Å²) >= 11 is 0. The number of nitrogens with zero attached hydrogens (tertiary/aromatic N) is 3. The van der Waals surface area contributed by atoms with E-state index in [1.165, 1.54) is 31.2 Å². The van der Waals surface area contributed by atoms with Crippen molar-refractivity contribution in [3.63, 3.8) is 0 Å². The molecule has 1 aromatic carbocycles. The summed E-state index contributed by atoms with van der Waals surface area (Å²) in [5, 5.41) is 14.3. The summed E-state index contributed by atoms with van der Waals surface area (Å²) in [6, 6.07) is 8.17. The number of aryl methyl sites for hydroxylation is 2. The zero-order valence-electron chi connectivity index (χ0n) is 13.3. The molecule has 3 rings (SSSR count). The summed E-state index contributed by atoms with van der Waals surface area (Å²) in [6.45, 7) is 3.24. The number of hydrogen-bond acceptors (Lipinski definition) is 7. The highest BCUT2D eigenvalue weighted by Crippen LogP contribution is 2.19. The Morgan fingerprint density at radius 1 is 1.00 bits per heavy atom. The smallest absolute Gasteiger partial charge is 0.263 e. The third kappa shape index (κ3) is 3.91. The van der Waals surface area contributed by atoms with Gasteiger partial charge in [0.25, 0.3) is 10.0 Å². The molecule has 0 fully saturated rings. The maximum absolute atomic E-state index is 13.3. The molecule has 0 radical (unpaired) electrons. The third-order valence-corrected chi connectivity index (χ3v) is 4.58. The topological polar surface area (TPSA) is 110 Å². The predicted octanol–water partition coefficient (Wildman–Crippen LogP) is 2.76. The molecule has 8 nitrogen and oxygen atoms in total. The van der Waals surface area contributed by atoms with E-state index in [0.717, 1.165) is 6.07 Å². The van der Waals surface area contributed by atoms with Crippen molar-refractivity contribution in [2.24, 2.45) is 0 Å². The van der Waals surface area contributed by atoms with Gasteiger partial charge in [0.15, 0.2) is 17.5 Å². The zero-order chi connectivity index (χ0) is 18.0. The van der Waals surface area contributed by atoms with Crippen LogP contribution in [0.2, 0.25) is 0 Å². The van der Waals surface area contributed by atoms with Crippen molar-refractivity contribution < 1.29 is 17.3 Å². The Bertz CT molecular complexity index is 1000. The van der Waals surface area contributed by atoms with Crippen LogP contribution in [0.4, 0.5) is 21.8 Å². The highest BCUT2D eigenvalue weighted by atomic mass is 32.2. The van der Waals surface area contributed by atoms with Crippen molar-refractivity contribution in [3.8, 4) is 0 Å². The highest BCUT2D eigenvalue weighted by Gasteiger charge is 2.16. The fraction of sp³-hybridized carbons (Fsp3) is 0.133. The first-order valence-electron chi connectivity index (χ1n) is 7.16. The summed E-state index contributed by atoms with van der Waals surface area (Å²) in [5.41, 5.74) is 0.233. The van der Waals surface area contributed by atoms with Gasteiger partial charge in [-0.1, -0.05) is 5.16 Å². The van der Waals surface area contributed by atoms with Gasteiger partial charge in [0.1, 0.15) is 11.6 Å². The largest absolute Gasteiger partial charge is 0.360 e. The molecule has 130 valence electrons. The molecule has 0 aliphatic carbocycles. The van der Waals surface area contributed by atoms with Crippen LogP contribution >= 0.6 is 0 Å². The second-order valence-corrected chi connectivity index (χ2v) is 6.95. The number of hydrogen-bond donors (Lipinski definition) is 2. The number of aromatic nitrogens is 3. The van der Waals surface area contributed by atoms with E-state index in [9.17, 15) is 12.8 Å². The van der Waals surface area contributed by atoms with Crippen molar-refractivity contribution in [2.75, 3.05) is 10.0 Å². The summed E-state index contributed by atoms with van der Waals surface area (Å²) in [5.74, 6) is 1.02. The lowest BCUT2D eigenvalue weighted by molar-refractivity contribution is 0.400. The van der Waals surface area contributed by atoms with Crippen molar-refractivity contribution in [3.05, 3.63) is 53.5 Å². The summed E-state index contributed by atoms with van der Waals surface area (Å²) in [7, 11) is -3.89. The van der Waals surface area contributed by atoms with Gasteiger partial charge in [-0.3, -0.25) is 4.72 Å². The van der Waals surface area contributed by atoms with Crippen LogP contribution in [-0.4, -0.2) is 23.8 Å². The van der Waals surface area contributed by atoms with E-state index < -0.39 is 15.8 Å². The highest BCUT2D eigenvalue weighted by molar-refractivity contribution is 7.92. The molecule has 2 aromatic heterocycles. The first-order chi connectivity index (χ1) is 11.8. The van der Waals surface area contributed by atoms with Gasteiger partial charge in [0.05, 0.1) is 4.90 Å². The van der Waals surface area contributed by atoms with Gasteiger partial charge in [0.2, 0.25) is 0 Å². The molecule has 0 saturated carbocycles. The summed E-state index contributed by atoms with van der Waals surface area (Å²) in [4.78, 5) is -0.0616. The number of anilines is 3. The molecule has 0 bridgehead atoms. The SMILES string of the molecule is Cc1cc(Nc2ccc(NS(=O)(=O)c3ccc(F)c(C)c3)nn2)no1. The number of sulfonamides is 1. The summed E-state index contributed by atoms with van der Waals surface area (Å²) < 4.78 is 45.1. The molecule has 10 heteroatoms. The van der Waals surface area contributed by atoms with Gasteiger partial charge in [-0.25, -0.2) is 12.8 Å². The van der Waals surface area contributed by atoms with Gasteiger partial charge in [-0.2, -0.15) is 0 Å². The second-order valence-electron chi connectivity index (χ2n) is 5.27. The van der Waals surface area contributed by atoms with Crippen LogP contribution in [0.25, 0.3) is 0 Å². The molecule has 2 heterocycles. The minimum Gasteiger partial charge on any atom is -0.360 e. The van der Waals surface area contributed by atoms with E-state index in [4.69, 9.17) is 4.52 Å². The molecule has 3 aromatic rings. The molecule has 0 spiro atoms. The Morgan fingerprint density at radius 2 is 1.72 bits per heavy atom. The molecule has 0 atom stereocenters. The van der Waals surface area contributed by atoms with Crippen LogP contribution in [-0.2, 0) is 10.0 Å². The zero-order valence-corrected chi connectivity index (χ0v) is 14.1. The number of rotatable bonds is 5. The Hall–Kier alpha value is -3.01. The van der Waals surface area contributed by atoms with Gasteiger partial charge in [-0.15, -0.1) is 10.2 Å². The lowest BCUT2D eigenvalue weighted by atomic mass is 10.2. The lowest BCUT2D eigenvalue weighted by Crippen LogP contribution is -2.14. The van der Waals surface area contributed by atoms with Gasteiger partial charge < -0.3 is 9.84 Å². The molecule has 0 unspecified atom stereocenters. The minimum absolute atomic E-state index is 0.0314. The quantitative estimate of drug-likeness (QED) is 0.717. The standard InChI is InChI=1S/C15H14FN5O3S/c1-9-7-11(3-4-12(9)16)25(22,23)21-14-6-5-13(18-19-14)17-15-8-10(2)24-20-15/h3-8H,1-2H3,(H,19,21)(H,17,18,20). The van der Waals surface area contributed by atoms with Crippen molar-refractivity contribution >= 4 is 27.5 Å². The molecule has 2 N–H and O–H groups in total. The molecular weight excluding hydrogens is 349 g/mol. The van der Waals surface area contributed by atoms with E-state index in [2.05, 4.69) is 25.4 Å². The summed E-state index contributed by atoms with van der Waals surface area (Å²) in [6.07, 6.45) is 0. The minimum atomic E-state index is -3.89. The molecular formula is C15H14FN5O3S. The third-order valence-electron chi connectivity index (χ3n) is 3.23. The van der Waals surface area contributed by atoms with Gasteiger partial charge in [0, 0.05) is 6.07 Å². The van der Waals surface area contributed by atoms with Crippen LogP contribution in [0.5, 0.6) is 0 Å². The Balaban J connectivity index is 1.74. The van der Waals surface area contributed by atoms with Crippen LogP contribution in [0.15, 0.2) is 45.8 Å². The average Bonchev–Trinajstić information content (AvgIpc) is 2.96. The lowest BCUT2D eigenvalue weighted by Gasteiger charge is -2.08. The Morgan fingerprint density at radius 3 is 2.32 bits per heavy atom. The van der Waals surface area contributed by atoms with E-state index in [1.54, 1.807) is 13.0 Å². The maximum atomic E-state index is 13.3. The first kappa shape index (κ1) is 16.8. The Labute approximate surface area is 143 Å². The predicted molar refractivity (Wildman–Crippen MR) is 88.5 cm³/mol. The molecule has 0 amide bonds. The molecule has 0 saturated heterocycles. The Kier molecular flexibility index (Phi) is 4.36. The molecule has 0 aliphatic rings. The molecule has 25 heavy (non-hydrogen) atoms. The normalized spacial score (nSPS) is 11.3. The van der Waals surface area contributed by atoms with E-state index in [1.807, 2.05) is 0 Å². The van der Waals surface area contributed by atoms with E-state index in [0.29, 0.717) is 17.4 Å². The first-order valence-corrected chi connectivity index (χ1v) is 8.65. The van der Waals surface area contributed by atoms with E-state index >= 15 is 0 Å². The fourth-order valence-electron chi connectivity index (χ4n) is 1.99. The van der Waals surface area contributed by atoms with Crippen LogP contribution in [0, 0.1) is 19.7 Å².